The number of nitrogens with one attached hydrogen (secondary N) is 1. The molecule has 0 amide bonds. The van der Waals surface area contributed by atoms with E-state index >= 15 is 0 Å². The van der Waals surface area contributed by atoms with Gasteiger partial charge in [-0.1, -0.05) is 0 Å². The van der Waals surface area contributed by atoms with E-state index in [9.17, 15) is 8.78 Å². The molecule has 2 aromatic rings. The summed E-state index contributed by atoms with van der Waals surface area (Å²) in [4.78, 5) is 7.59. The molecule has 0 radical (unpaired) electrons. The van der Waals surface area contributed by atoms with Crippen LogP contribution in [0.1, 0.15) is 0 Å². The van der Waals surface area contributed by atoms with Crippen molar-refractivity contribution in [2.24, 2.45) is 0 Å². The van der Waals surface area contributed by atoms with Crippen LogP contribution in [0.4, 0.5) is 26.2 Å². The van der Waals surface area contributed by atoms with Gasteiger partial charge < -0.3 is 11.1 Å². The molecule has 1 aromatic heterocycles. The van der Waals surface area contributed by atoms with E-state index in [1.54, 1.807) is 0 Å². The number of rotatable bonds is 2. The number of nitrogen functional groups attached to an aromatic ring is 1. The fourth-order valence-electron chi connectivity index (χ4n) is 1.19. The van der Waals surface area contributed by atoms with Crippen LogP contribution in [0.5, 0.6) is 0 Å². The smallest absolute Gasteiger partial charge is 0.222 e. The number of benzene rings is 1. The minimum atomic E-state index is -0.588. The predicted octanol–water partition coefficient (Wildman–Crippen LogP) is 2.84. The highest BCUT2D eigenvalue weighted by Gasteiger charge is 2.08. The largest absolute Gasteiger partial charge is 0.368 e. The molecule has 0 saturated carbocycles. The summed E-state index contributed by atoms with van der Waals surface area (Å²) in [6, 6.07) is 3.08. The van der Waals surface area contributed by atoms with Crippen LogP contribution in [0.2, 0.25) is 0 Å². The number of halogens is 3. The lowest BCUT2D eigenvalue weighted by Crippen LogP contribution is -2.02. The lowest BCUT2D eigenvalue weighted by atomic mass is 10.3. The lowest BCUT2D eigenvalue weighted by molar-refractivity contribution is 0.603. The molecule has 0 spiro atoms. The molecule has 0 saturated heterocycles. The molecule has 1 aromatic carbocycles. The molecule has 1 heterocycles. The van der Waals surface area contributed by atoms with Crippen molar-refractivity contribution < 1.29 is 8.78 Å². The molecule has 0 unspecified atom stereocenters. The second-order valence-electron chi connectivity index (χ2n) is 3.17. The van der Waals surface area contributed by atoms with Crippen LogP contribution in [-0.4, -0.2) is 9.97 Å². The Labute approximate surface area is 104 Å². The molecule has 0 aliphatic rings. The number of aromatic nitrogens is 2. The van der Waals surface area contributed by atoms with E-state index in [1.165, 1.54) is 6.20 Å². The van der Waals surface area contributed by atoms with Gasteiger partial charge in [-0.3, -0.25) is 0 Å². The first kappa shape index (κ1) is 11.7. The topological polar surface area (TPSA) is 63.8 Å². The van der Waals surface area contributed by atoms with Crippen molar-refractivity contribution in [3.05, 3.63) is 40.5 Å². The Morgan fingerprint density at radius 2 is 2.06 bits per heavy atom. The third-order valence-corrected chi connectivity index (χ3v) is 2.52. The zero-order valence-corrected chi connectivity index (χ0v) is 10.0. The minimum Gasteiger partial charge on any atom is -0.368 e. The quantitative estimate of drug-likeness (QED) is 0.895. The second-order valence-corrected chi connectivity index (χ2v) is 4.03. The van der Waals surface area contributed by atoms with Gasteiger partial charge in [0.15, 0.2) is 0 Å². The van der Waals surface area contributed by atoms with Crippen LogP contribution >= 0.6 is 15.9 Å². The summed E-state index contributed by atoms with van der Waals surface area (Å²) in [5.74, 6) is -0.836. The van der Waals surface area contributed by atoms with Gasteiger partial charge in [0.05, 0.1) is 10.2 Å². The molecule has 0 bridgehead atoms. The van der Waals surface area contributed by atoms with E-state index in [0.29, 0.717) is 4.47 Å². The molecule has 0 atom stereocenters. The van der Waals surface area contributed by atoms with Crippen molar-refractivity contribution in [3.63, 3.8) is 0 Å². The van der Waals surface area contributed by atoms with E-state index in [-0.39, 0.29) is 17.5 Å². The Morgan fingerprint density at radius 3 is 2.82 bits per heavy atom. The first-order chi connectivity index (χ1) is 8.06. The Kier molecular flexibility index (Phi) is 3.19. The SMILES string of the molecule is Nc1ncc(Br)c(Nc2cc(F)ccc2F)n1. The highest BCUT2D eigenvalue weighted by molar-refractivity contribution is 9.10. The Morgan fingerprint density at radius 1 is 1.29 bits per heavy atom. The van der Waals surface area contributed by atoms with Gasteiger partial charge in [-0.05, 0) is 28.1 Å². The Hall–Kier alpha value is -1.76. The fraction of sp³-hybridized carbons (Fsp3) is 0. The monoisotopic (exact) mass is 300 g/mol. The zero-order chi connectivity index (χ0) is 12.4. The third kappa shape index (κ3) is 2.68. The van der Waals surface area contributed by atoms with E-state index in [0.717, 1.165) is 18.2 Å². The fourth-order valence-corrected chi connectivity index (χ4v) is 1.48. The van der Waals surface area contributed by atoms with E-state index < -0.39 is 11.6 Å². The zero-order valence-electron chi connectivity index (χ0n) is 8.42. The molecule has 0 aliphatic heterocycles. The van der Waals surface area contributed by atoms with Gasteiger partial charge >= 0.3 is 0 Å². The molecule has 17 heavy (non-hydrogen) atoms. The van der Waals surface area contributed by atoms with Gasteiger partial charge in [-0.25, -0.2) is 13.8 Å². The average molecular weight is 301 g/mol. The maximum atomic E-state index is 13.4. The van der Waals surface area contributed by atoms with Gasteiger partial charge in [0.25, 0.3) is 0 Å². The molecule has 7 heteroatoms. The van der Waals surface area contributed by atoms with Crippen molar-refractivity contribution in [2.45, 2.75) is 0 Å². The second kappa shape index (κ2) is 4.62. The minimum absolute atomic E-state index is 0.0243. The van der Waals surface area contributed by atoms with Crippen molar-refractivity contribution >= 4 is 33.4 Å². The summed E-state index contributed by atoms with van der Waals surface area (Å²) in [6.07, 6.45) is 1.42. The van der Waals surface area contributed by atoms with E-state index in [2.05, 4.69) is 31.2 Å². The number of nitrogens with zero attached hydrogens (tertiary/aromatic N) is 2. The van der Waals surface area contributed by atoms with Crippen molar-refractivity contribution in [1.82, 2.24) is 9.97 Å². The first-order valence-electron chi connectivity index (χ1n) is 4.56. The number of hydrogen-bond donors (Lipinski definition) is 2. The standard InChI is InChI=1S/C10H7BrF2N4/c11-6-4-15-10(14)17-9(6)16-8-3-5(12)1-2-7(8)13/h1-4H,(H3,14,15,16,17). The molecule has 3 N–H and O–H groups in total. The predicted molar refractivity (Wildman–Crippen MR) is 63.8 cm³/mol. The highest BCUT2D eigenvalue weighted by atomic mass is 79.9. The van der Waals surface area contributed by atoms with Crippen LogP contribution in [0.15, 0.2) is 28.9 Å². The molecular weight excluding hydrogens is 294 g/mol. The van der Waals surface area contributed by atoms with Gasteiger partial charge in [-0.15, -0.1) is 0 Å². The molecule has 88 valence electrons. The molecule has 0 fully saturated rings. The van der Waals surface area contributed by atoms with Crippen LogP contribution < -0.4 is 11.1 Å². The molecule has 0 aliphatic carbocycles. The summed E-state index contributed by atoms with van der Waals surface area (Å²) in [6.45, 7) is 0. The lowest BCUT2D eigenvalue weighted by Gasteiger charge is -2.08. The van der Waals surface area contributed by atoms with Gasteiger partial charge in [0.1, 0.15) is 17.5 Å². The maximum absolute atomic E-state index is 13.4. The maximum Gasteiger partial charge on any atom is 0.222 e. The van der Waals surface area contributed by atoms with E-state index in [1.807, 2.05) is 0 Å². The summed E-state index contributed by atoms with van der Waals surface area (Å²) in [7, 11) is 0. The Bertz CT molecular complexity index is 512. The number of hydrogen-bond acceptors (Lipinski definition) is 4. The van der Waals surface area contributed by atoms with Crippen molar-refractivity contribution in [1.29, 1.82) is 0 Å². The van der Waals surface area contributed by atoms with Gasteiger partial charge in [0, 0.05) is 12.3 Å². The average Bonchev–Trinajstić information content (AvgIpc) is 2.28. The van der Waals surface area contributed by atoms with Crippen LogP contribution in [0.3, 0.4) is 0 Å². The van der Waals surface area contributed by atoms with Gasteiger partial charge in [-0.2, -0.15) is 4.98 Å². The first-order valence-corrected chi connectivity index (χ1v) is 5.35. The van der Waals surface area contributed by atoms with Crippen molar-refractivity contribution in [2.75, 3.05) is 11.1 Å². The summed E-state index contributed by atoms with van der Waals surface area (Å²) in [5.41, 5.74) is 5.37. The number of anilines is 3. The summed E-state index contributed by atoms with van der Waals surface area (Å²) in [5, 5.41) is 2.63. The van der Waals surface area contributed by atoms with Crippen molar-refractivity contribution in [3.8, 4) is 0 Å². The highest BCUT2D eigenvalue weighted by Crippen LogP contribution is 2.25. The van der Waals surface area contributed by atoms with Gasteiger partial charge in [0.2, 0.25) is 5.95 Å². The van der Waals surface area contributed by atoms with E-state index in [4.69, 9.17) is 5.73 Å². The molecule has 2 rings (SSSR count). The Balaban J connectivity index is 2.37. The molecular formula is C10H7BrF2N4. The normalized spacial score (nSPS) is 10.3. The summed E-state index contributed by atoms with van der Waals surface area (Å²) >= 11 is 3.17. The summed E-state index contributed by atoms with van der Waals surface area (Å²) < 4.78 is 26.8. The van der Waals surface area contributed by atoms with Crippen LogP contribution in [0, 0.1) is 11.6 Å². The van der Waals surface area contributed by atoms with Crippen LogP contribution in [0.25, 0.3) is 0 Å². The molecule has 4 nitrogen and oxygen atoms in total. The van der Waals surface area contributed by atoms with Crippen LogP contribution in [-0.2, 0) is 0 Å². The number of nitrogens with two attached hydrogens (primary N) is 1. The third-order valence-electron chi connectivity index (χ3n) is 1.94.